The van der Waals surface area contributed by atoms with Crippen LogP contribution in [0, 0.1) is 0 Å². The van der Waals surface area contributed by atoms with Crippen LogP contribution < -0.4 is 5.73 Å². The van der Waals surface area contributed by atoms with Gasteiger partial charge in [-0.25, -0.2) is 0 Å². The maximum atomic E-state index is 5.49. The van der Waals surface area contributed by atoms with E-state index >= 15 is 0 Å². The average molecular weight is 197 g/mol. The summed E-state index contributed by atoms with van der Waals surface area (Å²) in [6.07, 6.45) is 2.08. The topological polar surface area (TPSA) is 30.9 Å². The van der Waals surface area contributed by atoms with E-state index in [1.807, 2.05) is 0 Å². The SMILES string of the molecule is Cl.NCCn1ccc2ccccc21. The molecular formula is C10H13ClN2. The van der Waals surface area contributed by atoms with Gasteiger partial charge in [0.25, 0.3) is 0 Å². The number of para-hydroxylation sites is 1. The second-order valence-corrected chi connectivity index (χ2v) is 2.86. The number of benzene rings is 1. The Morgan fingerprint density at radius 1 is 1.15 bits per heavy atom. The van der Waals surface area contributed by atoms with Gasteiger partial charge in [-0.1, -0.05) is 18.2 Å². The van der Waals surface area contributed by atoms with Gasteiger partial charge in [0.2, 0.25) is 0 Å². The van der Waals surface area contributed by atoms with E-state index < -0.39 is 0 Å². The fraction of sp³-hybridized carbons (Fsp3) is 0.200. The minimum Gasteiger partial charge on any atom is -0.346 e. The van der Waals surface area contributed by atoms with Crippen LogP contribution >= 0.6 is 12.4 Å². The smallest absolute Gasteiger partial charge is 0.0480 e. The summed E-state index contributed by atoms with van der Waals surface area (Å²) < 4.78 is 2.18. The zero-order chi connectivity index (χ0) is 8.39. The molecular weight excluding hydrogens is 184 g/mol. The van der Waals surface area contributed by atoms with Crippen LogP contribution in [0.3, 0.4) is 0 Å². The molecule has 2 aromatic rings. The van der Waals surface area contributed by atoms with E-state index in [-0.39, 0.29) is 12.4 Å². The molecule has 1 aromatic heterocycles. The molecule has 0 bridgehead atoms. The van der Waals surface area contributed by atoms with Crippen molar-refractivity contribution in [1.29, 1.82) is 0 Å². The van der Waals surface area contributed by atoms with Crippen molar-refractivity contribution in [2.75, 3.05) is 6.54 Å². The van der Waals surface area contributed by atoms with Crippen LogP contribution in [0.25, 0.3) is 10.9 Å². The highest BCUT2D eigenvalue weighted by Gasteiger charge is 1.96. The molecule has 3 heteroatoms. The fourth-order valence-corrected chi connectivity index (χ4v) is 1.47. The van der Waals surface area contributed by atoms with Crippen molar-refractivity contribution in [3.63, 3.8) is 0 Å². The van der Waals surface area contributed by atoms with E-state index in [0.717, 1.165) is 6.54 Å². The molecule has 0 radical (unpaired) electrons. The minimum atomic E-state index is 0. The average Bonchev–Trinajstić information content (AvgIpc) is 2.50. The van der Waals surface area contributed by atoms with Gasteiger partial charge >= 0.3 is 0 Å². The first-order chi connectivity index (χ1) is 5.92. The first-order valence-corrected chi connectivity index (χ1v) is 4.16. The first kappa shape index (κ1) is 10.1. The molecule has 2 rings (SSSR count). The Bertz CT molecular complexity index is 381. The van der Waals surface area contributed by atoms with Crippen molar-refractivity contribution in [2.24, 2.45) is 5.73 Å². The molecule has 0 aliphatic carbocycles. The molecule has 0 atom stereocenters. The van der Waals surface area contributed by atoms with Crippen LogP contribution in [0.5, 0.6) is 0 Å². The van der Waals surface area contributed by atoms with Crippen LogP contribution in [0.1, 0.15) is 0 Å². The second-order valence-electron chi connectivity index (χ2n) is 2.86. The lowest BCUT2D eigenvalue weighted by atomic mass is 10.2. The number of nitrogens with two attached hydrogens (primary N) is 1. The van der Waals surface area contributed by atoms with Crippen molar-refractivity contribution in [3.05, 3.63) is 36.5 Å². The number of halogens is 1. The molecule has 0 aliphatic heterocycles. The van der Waals surface area contributed by atoms with Crippen molar-refractivity contribution in [1.82, 2.24) is 4.57 Å². The molecule has 1 heterocycles. The highest BCUT2D eigenvalue weighted by Crippen LogP contribution is 2.14. The predicted molar refractivity (Wildman–Crippen MR) is 58.2 cm³/mol. The molecule has 0 saturated heterocycles. The second kappa shape index (κ2) is 4.30. The van der Waals surface area contributed by atoms with Crippen LogP contribution in [0.4, 0.5) is 0 Å². The largest absolute Gasteiger partial charge is 0.346 e. The maximum Gasteiger partial charge on any atom is 0.0480 e. The minimum absolute atomic E-state index is 0. The molecule has 2 nitrogen and oxygen atoms in total. The van der Waals surface area contributed by atoms with Gasteiger partial charge in [-0.05, 0) is 17.5 Å². The summed E-state index contributed by atoms with van der Waals surface area (Å²) in [6.45, 7) is 1.59. The number of rotatable bonds is 2. The van der Waals surface area contributed by atoms with Crippen LogP contribution in [0.15, 0.2) is 36.5 Å². The van der Waals surface area contributed by atoms with Crippen molar-refractivity contribution in [2.45, 2.75) is 6.54 Å². The van der Waals surface area contributed by atoms with Crippen molar-refractivity contribution >= 4 is 23.3 Å². The third-order valence-electron chi connectivity index (χ3n) is 2.05. The van der Waals surface area contributed by atoms with E-state index in [2.05, 4.69) is 41.1 Å². The zero-order valence-corrected chi connectivity index (χ0v) is 8.13. The van der Waals surface area contributed by atoms with Crippen LogP contribution in [-0.4, -0.2) is 11.1 Å². The molecule has 0 aliphatic rings. The van der Waals surface area contributed by atoms with E-state index in [9.17, 15) is 0 Å². The monoisotopic (exact) mass is 196 g/mol. The van der Waals surface area contributed by atoms with Gasteiger partial charge < -0.3 is 10.3 Å². The number of hydrogen-bond donors (Lipinski definition) is 1. The first-order valence-electron chi connectivity index (χ1n) is 4.16. The quantitative estimate of drug-likeness (QED) is 0.783. The number of fused-ring (bicyclic) bond motifs is 1. The van der Waals surface area contributed by atoms with E-state index in [1.54, 1.807) is 0 Å². The highest BCUT2D eigenvalue weighted by molar-refractivity contribution is 5.85. The summed E-state index contributed by atoms with van der Waals surface area (Å²) in [5, 5.41) is 1.28. The highest BCUT2D eigenvalue weighted by atomic mass is 35.5. The van der Waals surface area contributed by atoms with Gasteiger partial charge in [-0.15, -0.1) is 12.4 Å². The molecule has 0 amide bonds. The molecule has 70 valence electrons. The lowest BCUT2D eigenvalue weighted by Crippen LogP contribution is -2.08. The summed E-state index contributed by atoms with van der Waals surface area (Å²) in [5.74, 6) is 0. The fourth-order valence-electron chi connectivity index (χ4n) is 1.47. The molecule has 0 spiro atoms. The van der Waals surface area contributed by atoms with E-state index in [1.165, 1.54) is 10.9 Å². The van der Waals surface area contributed by atoms with E-state index in [4.69, 9.17) is 5.73 Å². The normalized spacial score (nSPS) is 9.92. The Labute approximate surface area is 83.8 Å². The van der Waals surface area contributed by atoms with Gasteiger partial charge in [-0.3, -0.25) is 0 Å². The Balaban J connectivity index is 0.000000845. The zero-order valence-electron chi connectivity index (χ0n) is 7.31. The van der Waals surface area contributed by atoms with Crippen molar-refractivity contribution in [3.8, 4) is 0 Å². The molecule has 0 fully saturated rings. The lowest BCUT2D eigenvalue weighted by molar-refractivity contribution is 0.735. The summed E-state index contributed by atoms with van der Waals surface area (Å²) in [7, 11) is 0. The van der Waals surface area contributed by atoms with Crippen molar-refractivity contribution < 1.29 is 0 Å². The third kappa shape index (κ3) is 1.85. The van der Waals surface area contributed by atoms with Gasteiger partial charge in [0.05, 0.1) is 0 Å². The summed E-state index contributed by atoms with van der Waals surface area (Å²) >= 11 is 0. The summed E-state index contributed by atoms with van der Waals surface area (Å²) in [4.78, 5) is 0. The van der Waals surface area contributed by atoms with Crippen LogP contribution in [0.2, 0.25) is 0 Å². The van der Waals surface area contributed by atoms with Crippen LogP contribution in [-0.2, 0) is 6.54 Å². The Morgan fingerprint density at radius 3 is 2.69 bits per heavy atom. The summed E-state index contributed by atoms with van der Waals surface area (Å²) in [6, 6.07) is 10.4. The molecule has 0 saturated carbocycles. The molecule has 13 heavy (non-hydrogen) atoms. The maximum absolute atomic E-state index is 5.49. The Morgan fingerprint density at radius 2 is 1.92 bits per heavy atom. The number of aromatic nitrogens is 1. The lowest BCUT2D eigenvalue weighted by Gasteiger charge is -2.01. The Kier molecular flexibility index (Phi) is 3.34. The summed E-state index contributed by atoms with van der Waals surface area (Å²) in [5.41, 5.74) is 6.76. The van der Waals surface area contributed by atoms with Gasteiger partial charge in [0.1, 0.15) is 0 Å². The third-order valence-corrected chi connectivity index (χ3v) is 2.05. The predicted octanol–water partition coefficient (Wildman–Crippen LogP) is 2.02. The molecule has 1 aromatic carbocycles. The molecule has 0 unspecified atom stereocenters. The standard InChI is InChI=1S/C10H12N2.ClH/c11-6-8-12-7-5-9-3-1-2-4-10(9)12;/h1-5,7H,6,8,11H2;1H. The Hall–Kier alpha value is -0.990. The van der Waals surface area contributed by atoms with Gasteiger partial charge in [0.15, 0.2) is 0 Å². The van der Waals surface area contributed by atoms with Gasteiger partial charge in [-0.2, -0.15) is 0 Å². The van der Waals surface area contributed by atoms with Gasteiger partial charge in [0, 0.05) is 24.8 Å². The van der Waals surface area contributed by atoms with E-state index in [0.29, 0.717) is 6.54 Å². The number of nitrogens with zero attached hydrogens (tertiary/aromatic N) is 1. The number of hydrogen-bond acceptors (Lipinski definition) is 1. The molecule has 2 N–H and O–H groups in total.